The molecule has 0 radical (unpaired) electrons. The molecule has 0 spiro atoms. The Hall–Kier alpha value is -1.35. The molecular formula is C15H21NO2. The SMILES string of the molecule is CC(C)Oc1cccc(C(=O)CC2(N)CCC2)c1. The Kier molecular flexibility index (Phi) is 3.71. The van der Waals surface area contributed by atoms with E-state index in [0.29, 0.717) is 12.0 Å². The van der Waals surface area contributed by atoms with Gasteiger partial charge in [-0.25, -0.2) is 0 Å². The molecule has 1 fully saturated rings. The minimum absolute atomic E-state index is 0.114. The van der Waals surface area contributed by atoms with Crippen LogP contribution in [-0.4, -0.2) is 17.4 Å². The molecule has 1 aromatic carbocycles. The average Bonchev–Trinajstić information content (AvgIpc) is 2.26. The molecule has 2 N–H and O–H groups in total. The van der Waals surface area contributed by atoms with Crippen molar-refractivity contribution in [2.45, 2.75) is 51.2 Å². The Morgan fingerprint density at radius 1 is 1.44 bits per heavy atom. The molecule has 0 atom stereocenters. The van der Waals surface area contributed by atoms with Gasteiger partial charge in [-0.15, -0.1) is 0 Å². The van der Waals surface area contributed by atoms with E-state index in [2.05, 4.69) is 0 Å². The van der Waals surface area contributed by atoms with Crippen LogP contribution >= 0.6 is 0 Å². The highest BCUT2D eigenvalue weighted by molar-refractivity contribution is 5.97. The molecule has 1 aliphatic rings. The summed E-state index contributed by atoms with van der Waals surface area (Å²) in [5.74, 6) is 0.863. The number of nitrogens with two attached hydrogens (primary N) is 1. The molecule has 2 rings (SSSR count). The van der Waals surface area contributed by atoms with E-state index in [1.807, 2.05) is 38.1 Å². The Labute approximate surface area is 108 Å². The zero-order valence-corrected chi connectivity index (χ0v) is 11.1. The van der Waals surface area contributed by atoms with Crippen LogP contribution in [0.1, 0.15) is 49.9 Å². The van der Waals surface area contributed by atoms with E-state index in [9.17, 15) is 4.79 Å². The highest BCUT2D eigenvalue weighted by Crippen LogP contribution is 2.33. The highest BCUT2D eigenvalue weighted by atomic mass is 16.5. The van der Waals surface area contributed by atoms with Gasteiger partial charge in [0.2, 0.25) is 0 Å². The Bertz CT molecular complexity index is 436. The smallest absolute Gasteiger partial charge is 0.164 e. The molecule has 0 unspecified atom stereocenters. The number of hydrogen-bond donors (Lipinski definition) is 1. The number of carbonyl (C=O) groups is 1. The molecule has 3 heteroatoms. The fraction of sp³-hybridized carbons (Fsp3) is 0.533. The van der Waals surface area contributed by atoms with E-state index in [0.717, 1.165) is 25.0 Å². The maximum absolute atomic E-state index is 12.2. The van der Waals surface area contributed by atoms with Gasteiger partial charge in [0.05, 0.1) is 6.10 Å². The first-order chi connectivity index (χ1) is 8.48. The molecule has 0 aliphatic heterocycles. The molecule has 98 valence electrons. The van der Waals surface area contributed by atoms with Crippen molar-refractivity contribution in [3.05, 3.63) is 29.8 Å². The van der Waals surface area contributed by atoms with Gasteiger partial charge in [-0.3, -0.25) is 4.79 Å². The van der Waals surface area contributed by atoms with Crippen LogP contribution in [-0.2, 0) is 0 Å². The second-order valence-electron chi connectivity index (χ2n) is 5.51. The minimum atomic E-state index is -0.258. The van der Waals surface area contributed by atoms with Crippen molar-refractivity contribution >= 4 is 5.78 Å². The predicted octanol–water partition coefficient (Wildman–Crippen LogP) is 2.93. The maximum Gasteiger partial charge on any atom is 0.164 e. The third-order valence-corrected chi connectivity index (χ3v) is 3.39. The van der Waals surface area contributed by atoms with Gasteiger partial charge in [0.25, 0.3) is 0 Å². The number of ketones is 1. The summed E-state index contributed by atoms with van der Waals surface area (Å²) < 4.78 is 5.59. The molecule has 0 bridgehead atoms. The van der Waals surface area contributed by atoms with Crippen LogP contribution in [0.15, 0.2) is 24.3 Å². The van der Waals surface area contributed by atoms with Crippen LogP contribution in [0.4, 0.5) is 0 Å². The summed E-state index contributed by atoms with van der Waals surface area (Å²) in [5, 5.41) is 0. The summed E-state index contributed by atoms with van der Waals surface area (Å²) in [5.41, 5.74) is 6.55. The lowest BCUT2D eigenvalue weighted by Gasteiger charge is -2.37. The molecule has 1 saturated carbocycles. The highest BCUT2D eigenvalue weighted by Gasteiger charge is 2.34. The van der Waals surface area contributed by atoms with Crippen LogP contribution in [0.25, 0.3) is 0 Å². The van der Waals surface area contributed by atoms with Gasteiger partial charge in [0, 0.05) is 17.5 Å². The topological polar surface area (TPSA) is 52.3 Å². The molecule has 1 aliphatic carbocycles. The molecular weight excluding hydrogens is 226 g/mol. The zero-order valence-electron chi connectivity index (χ0n) is 11.1. The van der Waals surface area contributed by atoms with E-state index in [1.165, 1.54) is 0 Å². The first-order valence-electron chi connectivity index (χ1n) is 6.57. The van der Waals surface area contributed by atoms with Crippen LogP contribution in [0, 0.1) is 0 Å². The van der Waals surface area contributed by atoms with Gasteiger partial charge in [-0.05, 0) is 45.2 Å². The van der Waals surface area contributed by atoms with E-state index in [4.69, 9.17) is 10.5 Å². The standard InChI is InChI=1S/C15H21NO2/c1-11(2)18-13-6-3-5-12(9-13)14(17)10-15(16)7-4-8-15/h3,5-6,9,11H,4,7-8,10,16H2,1-2H3. The third kappa shape index (κ3) is 3.10. The van der Waals surface area contributed by atoms with Crippen LogP contribution in [0.3, 0.4) is 0 Å². The van der Waals surface area contributed by atoms with E-state index < -0.39 is 0 Å². The van der Waals surface area contributed by atoms with Crippen molar-refractivity contribution < 1.29 is 9.53 Å². The quantitative estimate of drug-likeness (QED) is 0.814. The molecule has 0 aromatic heterocycles. The van der Waals surface area contributed by atoms with Crippen molar-refractivity contribution in [3.8, 4) is 5.75 Å². The summed E-state index contributed by atoms with van der Waals surface area (Å²) >= 11 is 0. The van der Waals surface area contributed by atoms with Gasteiger partial charge >= 0.3 is 0 Å². The van der Waals surface area contributed by atoms with Gasteiger partial charge in [0.1, 0.15) is 5.75 Å². The van der Waals surface area contributed by atoms with Crippen molar-refractivity contribution in [1.29, 1.82) is 0 Å². The van der Waals surface area contributed by atoms with E-state index >= 15 is 0 Å². The summed E-state index contributed by atoms with van der Waals surface area (Å²) in [6.45, 7) is 3.94. The Morgan fingerprint density at radius 2 is 2.17 bits per heavy atom. The van der Waals surface area contributed by atoms with Crippen molar-refractivity contribution in [2.24, 2.45) is 5.73 Å². The summed E-state index contributed by atoms with van der Waals surface area (Å²) in [6.07, 6.45) is 3.61. The lowest BCUT2D eigenvalue weighted by atomic mass is 9.74. The Balaban J connectivity index is 2.05. The first-order valence-corrected chi connectivity index (χ1v) is 6.57. The average molecular weight is 247 g/mol. The fourth-order valence-electron chi connectivity index (χ4n) is 2.24. The Morgan fingerprint density at radius 3 is 2.72 bits per heavy atom. The fourth-order valence-corrected chi connectivity index (χ4v) is 2.24. The van der Waals surface area contributed by atoms with Gasteiger partial charge in [-0.2, -0.15) is 0 Å². The second-order valence-corrected chi connectivity index (χ2v) is 5.51. The third-order valence-electron chi connectivity index (χ3n) is 3.39. The first kappa shape index (κ1) is 13.1. The molecule has 0 saturated heterocycles. The number of rotatable bonds is 5. The lowest BCUT2D eigenvalue weighted by Crippen LogP contribution is -2.48. The molecule has 0 amide bonds. The number of hydrogen-bond acceptors (Lipinski definition) is 3. The summed E-state index contributed by atoms with van der Waals surface area (Å²) in [7, 11) is 0. The molecule has 3 nitrogen and oxygen atoms in total. The van der Waals surface area contributed by atoms with E-state index in [-0.39, 0.29) is 17.4 Å². The molecule has 0 heterocycles. The predicted molar refractivity (Wildman–Crippen MR) is 71.9 cm³/mol. The van der Waals surface area contributed by atoms with Crippen molar-refractivity contribution in [1.82, 2.24) is 0 Å². The number of Topliss-reactive ketones (excluding diaryl/α,β-unsaturated/α-hetero) is 1. The monoisotopic (exact) mass is 247 g/mol. The number of carbonyl (C=O) groups excluding carboxylic acids is 1. The van der Waals surface area contributed by atoms with Gasteiger partial charge < -0.3 is 10.5 Å². The van der Waals surface area contributed by atoms with Crippen LogP contribution in [0.5, 0.6) is 5.75 Å². The lowest BCUT2D eigenvalue weighted by molar-refractivity contribution is 0.0911. The number of ether oxygens (including phenoxy) is 1. The largest absolute Gasteiger partial charge is 0.491 e. The van der Waals surface area contributed by atoms with Gasteiger partial charge in [-0.1, -0.05) is 12.1 Å². The number of benzene rings is 1. The summed E-state index contributed by atoms with van der Waals surface area (Å²) in [4.78, 5) is 12.2. The maximum atomic E-state index is 12.2. The van der Waals surface area contributed by atoms with Gasteiger partial charge in [0.15, 0.2) is 5.78 Å². The van der Waals surface area contributed by atoms with Crippen molar-refractivity contribution in [2.75, 3.05) is 0 Å². The molecule has 1 aromatic rings. The van der Waals surface area contributed by atoms with Crippen LogP contribution < -0.4 is 10.5 Å². The second kappa shape index (κ2) is 5.11. The minimum Gasteiger partial charge on any atom is -0.491 e. The molecule has 18 heavy (non-hydrogen) atoms. The zero-order chi connectivity index (χ0) is 13.2. The normalized spacial score (nSPS) is 17.3. The van der Waals surface area contributed by atoms with Crippen LogP contribution in [0.2, 0.25) is 0 Å². The van der Waals surface area contributed by atoms with E-state index in [1.54, 1.807) is 0 Å². The summed E-state index contributed by atoms with van der Waals surface area (Å²) in [6, 6.07) is 7.37. The van der Waals surface area contributed by atoms with Crippen molar-refractivity contribution in [3.63, 3.8) is 0 Å².